The molecular formula is C12H9FLiP. The number of fused-ring (bicyclic) bond motifs is 3. The van der Waals surface area contributed by atoms with Crippen molar-refractivity contribution in [2.24, 2.45) is 0 Å². The van der Waals surface area contributed by atoms with Gasteiger partial charge in [-0.05, 0) is 16.6 Å². The molecule has 70 valence electrons. The molecule has 0 saturated heterocycles. The van der Waals surface area contributed by atoms with E-state index in [1.165, 1.54) is 11.2 Å². The van der Waals surface area contributed by atoms with Crippen molar-refractivity contribution >= 4 is 48.1 Å². The van der Waals surface area contributed by atoms with Crippen molar-refractivity contribution in [3.05, 3.63) is 48.3 Å². The van der Waals surface area contributed by atoms with E-state index in [9.17, 15) is 4.39 Å². The fraction of sp³-hybridized carbons (Fsp3) is 0. The van der Waals surface area contributed by atoms with Crippen LogP contribution < -0.4 is 0 Å². The molecule has 1 aromatic heterocycles. The van der Waals surface area contributed by atoms with Gasteiger partial charge in [0.05, 0.1) is 0 Å². The van der Waals surface area contributed by atoms with Gasteiger partial charge in [0.15, 0.2) is 0 Å². The molecule has 1 heterocycles. The molecule has 3 aromatic rings. The second kappa shape index (κ2) is 4.03. The van der Waals surface area contributed by atoms with Gasteiger partial charge in [-0.25, -0.2) is 4.39 Å². The zero-order valence-electron chi connectivity index (χ0n) is 7.42. The van der Waals surface area contributed by atoms with Crippen molar-refractivity contribution in [1.29, 1.82) is 0 Å². The van der Waals surface area contributed by atoms with Crippen molar-refractivity contribution in [3.8, 4) is 0 Å². The predicted molar refractivity (Wildman–Crippen MR) is 68.1 cm³/mol. The van der Waals surface area contributed by atoms with Crippen molar-refractivity contribution in [2.45, 2.75) is 0 Å². The Morgan fingerprint density at radius 2 is 1.60 bits per heavy atom. The van der Waals surface area contributed by atoms with Crippen LogP contribution in [0.15, 0.2) is 42.5 Å². The average Bonchev–Trinajstić information content (AvgIpc) is 2.57. The molecule has 0 spiro atoms. The van der Waals surface area contributed by atoms with Crippen LogP contribution in [0, 0.1) is 5.82 Å². The van der Waals surface area contributed by atoms with Crippen molar-refractivity contribution in [3.63, 3.8) is 0 Å². The van der Waals surface area contributed by atoms with Crippen molar-refractivity contribution in [1.82, 2.24) is 0 Å². The molecule has 0 aliphatic heterocycles. The number of halogens is 1. The van der Waals surface area contributed by atoms with Gasteiger partial charge in [0.1, 0.15) is 5.82 Å². The monoisotopic (exact) mass is 210 g/mol. The van der Waals surface area contributed by atoms with Crippen molar-refractivity contribution < 1.29 is 4.39 Å². The van der Waals surface area contributed by atoms with E-state index in [1.54, 1.807) is 6.07 Å². The molecule has 1 atom stereocenters. The van der Waals surface area contributed by atoms with Gasteiger partial charge in [0, 0.05) is 10.5 Å². The molecule has 0 aliphatic rings. The van der Waals surface area contributed by atoms with E-state index in [0.717, 1.165) is 15.9 Å². The summed E-state index contributed by atoms with van der Waals surface area (Å²) in [6.07, 6.45) is 0. The van der Waals surface area contributed by atoms with Crippen molar-refractivity contribution in [2.75, 3.05) is 0 Å². The van der Waals surface area contributed by atoms with Gasteiger partial charge in [0.25, 0.3) is 0 Å². The van der Waals surface area contributed by atoms with E-state index in [-0.39, 0.29) is 24.7 Å². The summed E-state index contributed by atoms with van der Waals surface area (Å²) >= 11 is 0. The Balaban J connectivity index is 0.000000853. The van der Waals surface area contributed by atoms with Gasteiger partial charge >= 0.3 is 18.9 Å². The maximum absolute atomic E-state index is 13.6. The Morgan fingerprint density at radius 1 is 0.867 bits per heavy atom. The van der Waals surface area contributed by atoms with E-state index in [2.05, 4.69) is 6.07 Å². The van der Waals surface area contributed by atoms with Crippen LogP contribution in [0.25, 0.3) is 21.0 Å². The van der Waals surface area contributed by atoms with Crippen LogP contribution in [0.5, 0.6) is 0 Å². The molecule has 15 heavy (non-hydrogen) atoms. The van der Waals surface area contributed by atoms with E-state index >= 15 is 0 Å². The van der Waals surface area contributed by atoms with Gasteiger partial charge in [-0.2, -0.15) is 0 Å². The third-order valence-corrected chi connectivity index (χ3v) is 3.87. The molecule has 0 aliphatic carbocycles. The molecule has 0 amide bonds. The first-order chi connectivity index (χ1) is 6.86. The van der Waals surface area contributed by atoms with Gasteiger partial charge in [-0.3, -0.25) is 0 Å². The normalized spacial score (nSPS) is 11.0. The quantitative estimate of drug-likeness (QED) is 0.498. The van der Waals surface area contributed by atoms with E-state index < -0.39 is 0 Å². The minimum absolute atomic E-state index is 0. The molecule has 3 rings (SSSR count). The van der Waals surface area contributed by atoms with Gasteiger partial charge < -0.3 is 0 Å². The summed E-state index contributed by atoms with van der Waals surface area (Å²) in [6, 6.07) is 13.4. The predicted octanol–water partition coefficient (Wildman–Crippen LogP) is 3.51. The number of rotatable bonds is 0. The Bertz CT molecular complexity index is 615. The Kier molecular flexibility index (Phi) is 2.89. The Hall–Kier alpha value is -0.733. The standard InChI is InChI=1S/C12H8FP.Li.H/c13-9-5-3-7-11-12(9)8-4-1-2-6-10(8)14-11;;/h1-7,14H;;. The first-order valence-corrected chi connectivity index (χ1v) is 5.51. The summed E-state index contributed by atoms with van der Waals surface area (Å²) in [6.45, 7) is 0. The average molecular weight is 210 g/mol. The third-order valence-electron chi connectivity index (χ3n) is 2.48. The first kappa shape index (κ1) is 10.8. The molecule has 2 aromatic carbocycles. The molecule has 0 N–H and O–H groups in total. The molecule has 0 nitrogen and oxygen atoms in total. The molecule has 0 fully saturated rings. The van der Waals surface area contributed by atoms with Crippen LogP contribution in [0.3, 0.4) is 0 Å². The summed E-state index contributed by atoms with van der Waals surface area (Å²) in [5.74, 6) is -0.0973. The topological polar surface area (TPSA) is 0 Å². The van der Waals surface area contributed by atoms with Gasteiger partial charge in [0.2, 0.25) is 0 Å². The molecule has 3 heteroatoms. The van der Waals surface area contributed by atoms with Crippen LogP contribution >= 0.6 is 8.19 Å². The Morgan fingerprint density at radius 3 is 2.47 bits per heavy atom. The summed E-state index contributed by atoms with van der Waals surface area (Å²) in [5.41, 5.74) is 0. The number of benzene rings is 2. The first-order valence-electron chi connectivity index (χ1n) is 4.51. The minimum atomic E-state index is -0.0973. The van der Waals surface area contributed by atoms with Crippen LogP contribution in [0.1, 0.15) is 0 Å². The van der Waals surface area contributed by atoms with Crippen LogP contribution in [0.4, 0.5) is 4.39 Å². The fourth-order valence-electron chi connectivity index (χ4n) is 1.86. The number of hydrogen-bond donors (Lipinski definition) is 0. The van der Waals surface area contributed by atoms with E-state index in [1.807, 2.05) is 24.3 Å². The fourth-order valence-corrected chi connectivity index (χ4v) is 3.23. The summed E-state index contributed by atoms with van der Waals surface area (Å²) in [7, 11) is 0.607. The summed E-state index contributed by atoms with van der Waals surface area (Å²) < 4.78 is 13.6. The SMILES string of the molecule is Fc1cccc2[pH]c3ccccc3c12.[LiH]. The molecule has 1 unspecified atom stereocenters. The molecule has 0 saturated carbocycles. The zero-order chi connectivity index (χ0) is 9.54. The summed E-state index contributed by atoms with van der Waals surface area (Å²) in [5, 5.41) is 4.26. The van der Waals surface area contributed by atoms with Crippen LogP contribution in [-0.2, 0) is 0 Å². The Labute approximate surface area is 101 Å². The zero-order valence-corrected chi connectivity index (χ0v) is 8.42. The molecule has 0 bridgehead atoms. The third kappa shape index (κ3) is 1.62. The van der Waals surface area contributed by atoms with E-state index in [4.69, 9.17) is 0 Å². The second-order valence-corrected chi connectivity index (χ2v) is 4.66. The van der Waals surface area contributed by atoms with Gasteiger partial charge in [-0.15, -0.1) is 8.19 Å². The number of hydrogen-bond acceptors (Lipinski definition) is 0. The van der Waals surface area contributed by atoms with Crippen LogP contribution in [-0.4, -0.2) is 18.9 Å². The molecular weight excluding hydrogens is 201 g/mol. The summed E-state index contributed by atoms with van der Waals surface area (Å²) in [4.78, 5) is 0. The van der Waals surface area contributed by atoms with Gasteiger partial charge in [-0.1, -0.05) is 36.4 Å². The maximum atomic E-state index is 13.6. The van der Waals surface area contributed by atoms with E-state index in [0.29, 0.717) is 8.19 Å². The second-order valence-electron chi connectivity index (χ2n) is 3.33. The van der Waals surface area contributed by atoms with Crippen LogP contribution in [0.2, 0.25) is 0 Å². The molecule has 0 radical (unpaired) electrons.